The zero-order valence-electron chi connectivity index (χ0n) is 23.0. The van der Waals surface area contributed by atoms with E-state index in [2.05, 4.69) is 25.9 Å². The molecule has 13 heteroatoms. The molecule has 5 N–H and O–H groups in total. The van der Waals surface area contributed by atoms with Crippen LogP contribution in [0.5, 0.6) is 0 Å². The minimum Gasteiger partial charge on any atom is -0.390 e. The van der Waals surface area contributed by atoms with Crippen LogP contribution in [0.15, 0.2) is 36.8 Å². The molecule has 0 unspecified atom stereocenters. The first kappa shape index (κ1) is 28.7. The van der Waals surface area contributed by atoms with E-state index >= 15 is 0 Å². The van der Waals surface area contributed by atoms with Crippen molar-refractivity contribution in [3.05, 3.63) is 48.2 Å². The second-order valence-corrected chi connectivity index (χ2v) is 12.3. The summed E-state index contributed by atoms with van der Waals surface area (Å²) in [4.78, 5) is 36.2. The van der Waals surface area contributed by atoms with Crippen molar-refractivity contribution in [2.45, 2.75) is 63.2 Å². The van der Waals surface area contributed by atoms with E-state index in [0.717, 1.165) is 51.6 Å². The first-order chi connectivity index (χ1) is 19.9. The molecule has 220 valence electrons. The lowest BCUT2D eigenvalue weighted by molar-refractivity contribution is -0.123. The third-order valence-electron chi connectivity index (χ3n) is 8.14. The van der Waals surface area contributed by atoms with E-state index < -0.39 is 24.2 Å². The summed E-state index contributed by atoms with van der Waals surface area (Å²) in [5.41, 5.74) is 4.04. The second kappa shape index (κ2) is 11.7. The van der Waals surface area contributed by atoms with Gasteiger partial charge >= 0.3 is 0 Å². The lowest BCUT2D eigenvalue weighted by Crippen LogP contribution is -2.37. The van der Waals surface area contributed by atoms with Crippen molar-refractivity contribution in [1.29, 1.82) is 0 Å². The quantitative estimate of drug-likeness (QED) is 0.187. The number of thiazole rings is 1. The number of aryl methyl sites for hydroxylation is 1. The molecular formula is C29H33ClN8O3S. The van der Waals surface area contributed by atoms with Gasteiger partial charge in [0.1, 0.15) is 22.4 Å². The van der Waals surface area contributed by atoms with Crippen LogP contribution in [0.3, 0.4) is 0 Å². The molecule has 0 aromatic carbocycles. The molecule has 4 atom stereocenters. The van der Waals surface area contributed by atoms with Gasteiger partial charge in [0.05, 0.1) is 39.7 Å². The number of fused-ring (bicyclic) bond motifs is 1. The van der Waals surface area contributed by atoms with Crippen molar-refractivity contribution in [1.82, 2.24) is 24.9 Å². The maximum atomic E-state index is 13.0. The number of nitrogens with zero attached hydrogens (tertiary/aromatic N) is 5. The Bertz CT molecular complexity index is 1600. The lowest BCUT2D eigenvalue weighted by atomic mass is 10.0. The van der Waals surface area contributed by atoms with Crippen LogP contribution in [0, 0.1) is 18.8 Å². The first-order valence-corrected chi connectivity index (χ1v) is 15.0. The number of aromatic nitrogens is 5. The zero-order chi connectivity index (χ0) is 28.1. The van der Waals surface area contributed by atoms with Crippen LogP contribution in [-0.2, 0) is 4.79 Å². The highest BCUT2D eigenvalue weighted by Crippen LogP contribution is 2.44. The molecule has 4 aromatic rings. The van der Waals surface area contributed by atoms with E-state index in [-0.39, 0.29) is 24.7 Å². The summed E-state index contributed by atoms with van der Waals surface area (Å²) in [7, 11) is 0. The standard InChI is InChI=1S/C29H32N8O3S.ClH/c1-14-21(28-36-23-20(41-28)8-11-31-22(23)16-4-5-16)26(37-29(33-14)32-13-15-2-3-15)35-19-12-18(24(38)25(19)39)27(40)34-17-6-9-30-10-7-17;/h6-11,15-16,18-19,24-25,38-39H,2-5,12-13H2,1H3,(H,30,34,40)(H2,32,33,35,37);1H/t18-,19+,24+,25-;/m0./s1. The molecule has 1 amide bonds. The van der Waals surface area contributed by atoms with Crippen molar-refractivity contribution in [2.75, 3.05) is 22.5 Å². The van der Waals surface area contributed by atoms with Crippen LogP contribution in [0.25, 0.3) is 20.8 Å². The van der Waals surface area contributed by atoms with Crippen molar-refractivity contribution in [3.63, 3.8) is 0 Å². The molecule has 0 spiro atoms. The minimum atomic E-state index is -1.23. The Hall–Kier alpha value is -3.45. The maximum absolute atomic E-state index is 13.0. The Morgan fingerprint density at radius 2 is 1.81 bits per heavy atom. The molecule has 3 fully saturated rings. The zero-order valence-corrected chi connectivity index (χ0v) is 24.7. The van der Waals surface area contributed by atoms with Crippen LogP contribution >= 0.6 is 23.7 Å². The van der Waals surface area contributed by atoms with Crippen molar-refractivity contribution in [2.24, 2.45) is 11.8 Å². The number of anilines is 3. The van der Waals surface area contributed by atoms with Gasteiger partial charge in [-0.3, -0.25) is 14.8 Å². The van der Waals surface area contributed by atoms with Gasteiger partial charge in [-0.15, -0.1) is 23.7 Å². The molecule has 3 aliphatic rings. The molecular weight excluding hydrogens is 576 g/mol. The monoisotopic (exact) mass is 608 g/mol. The summed E-state index contributed by atoms with van der Waals surface area (Å²) in [5.74, 6) is 0.958. The van der Waals surface area contributed by atoms with Gasteiger partial charge in [-0.25, -0.2) is 9.97 Å². The predicted octanol–water partition coefficient (Wildman–Crippen LogP) is 4.13. The molecule has 4 aromatic heterocycles. The molecule has 3 saturated carbocycles. The normalized spacial score (nSPS) is 23.4. The van der Waals surface area contributed by atoms with Gasteiger partial charge in [-0.05, 0) is 63.1 Å². The summed E-state index contributed by atoms with van der Waals surface area (Å²) < 4.78 is 1.06. The lowest BCUT2D eigenvalue weighted by Gasteiger charge is -2.21. The number of hydrogen-bond donors (Lipinski definition) is 5. The highest BCUT2D eigenvalue weighted by molar-refractivity contribution is 7.21. The Morgan fingerprint density at radius 1 is 1.02 bits per heavy atom. The van der Waals surface area contributed by atoms with Gasteiger partial charge in [0.15, 0.2) is 0 Å². The van der Waals surface area contributed by atoms with Crippen LogP contribution in [0.4, 0.5) is 17.5 Å². The average molecular weight is 609 g/mol. The number of carbonyl (C=O) groups is 1. The van der Waals surface area contributed by atoms with Crippen molar-refractivity contribution in [3.8, 4) is 10.6 Å². The summed E-state index contributed by atoms with van der Waals surface area (Å²) in [6.45, 7) is 2.74. The van der Waals surface area contributed by atoms with E-state index in [4.69, 9.17) is 15.0 Å². The number of hydrogen-bond acceptors (Lipinski definition) is 11. The van der Waals surface area contributed by atoms with Gasteiger partial charge in [-0.2, -0.15) is 4.98 Å². The van der Waals surface area contributed by atoms with Gasteiger partial charge in [0.2, 0.25) is 11.9 Å². The fourth-order valence-electron chi connectivity index (χ4n) is 5.49. The van der Waals surface area contributed by atoms with Crippen molar-refractivity contribution >= 4 is 57.3 Å². The predicted molar refractivity (Wildman–Crippen MR) is 164 cm³/mol. The third kappa shape index (κ3) is 5.76. The fraction of sp³-hybridized carbons (Fsp3) is 0.448. The molecule has 11 nitrogen and oxygen atoms in total. The third-order valence-corrected chi connectivity index (χ3v) is 9.18. The topological polar surface area (TPSA) is 158 Å². The summed E-state index contributed by atoms with van der Waals surface area (Å²) in [6.07, 6.45) is 7.50. The highest BCUT2D eigenvalue weighted by Gasteiger charge is 2.45. The van der Waals surface area contributed by atoms with Crippen molar-refractivity contribution < 1.29 is 15.0 Å². The molecule has 42 heavy (non-hydrogen) atoms. The minimum absolute atomic E-state index is 0. The van der Waals surface area contributed by atoms with E-state index in [0.29, 0.717) is 29.3 Å². The van der Waals surface area contributed by atoms with Crippen LogP contribution in [0.2, 0.25) is 0 Å². The molecule has 0 saturated heterocycles. The summed E-state index contributed by atoms with van der Waals surface area (Å²) in [6, 6.07) is 4.74. The van der Waals surface area contributed by atoms with Gasteiger partial charge < -0.3 is 26.2 Å². The number of amides is 1. The van der Waals surface area contributed by atoms with E-state index in [9.17, 15) is 15.0 Å². The Kier molecular flexibility index (Phi) is 7.97. The van der Waals surface area contributed by atoms with Gasteiger partial charge in [0, 0.05) is 36.7 Å². The summed E-state index contributed by atoms with van der Waals surface area (Å²) >= 11 is 1.57. The fourth-order valence-corrected chi connectivity index (χ4v) is 6.56. The van der Waals surface area contributed by atoms with Crippen LogP contribution < -0.4 is 16.0 Å². The van der Waals surface area contributed by atoms with Crippen LogP contribution in [-0.4, -0.2) is 65.8 Å². The highest BCUT2D eigenvalue weighted by atomic mass is 35.5. The maximum Gasteiger partial charge on any atom is 0.230 e. The molecule has 4 heterocycles. The SMILES string of the molecule is Cc1nc(NCC2CC2)nc(N[C@@H]2C[C@H](C(=O)Nc3ccncc3)[C@@H](O)[C@H]2O)c1-c1nc2c(C3CC3)nccc2s1.Cl. The Balaban J connectivity index is 0.00000316. The number of carbonyl (C=O) groups excluding carboxylic acids is 1. The Labute approximate surface area is 253 Å². The number of halogens is 1. The number of aliphatic hydroxyl groups is 2. The number of rotatable bonds is 9. The Morgan fingerprint density at radius 3 is 2.55 bits per heavy atom. The van der Waals surface area contributed by atoms with E-state index in [1.54, 1.807) is 35.9 Å². The molecule has 0 bridgehead atoms. The molecule has 0 radical (unpaired) electrons. The number of aliphatic hydroxyl groups excluding tert-OH is 2. The van der Waals surface area contributed by atoms with Gasteiger partial charge in [0.25, 0.3) is 0 Å². The molecule has 0 aliphatic heterocycles. The van der Waals surface area contributed by atoms with Gasteiger partial charge in [-0.1, -0.05) is 0 Å². The second-order valence-electron chi connectivity index (χ2n) is 11.3. The smallest absolute Gasteiger partial charge is 0.230 e. The van der Waals surface area contributed by atoms with Crippen LogP contribution in [0.1, 0.15) is 49.4 Å². The molecule has 3 aliphatic carbocycles. The summed E-state index contributed by atoms with van der Waals surface area (Å²) in [5, 5.41) is 32.2. The van der Waals surface area contributed by atoms with E-state index in [1.165, 1.54) is 12.8 Å². The molecule has 7 rings (SSSR count). The largest absolute Gasteiger partial charge is 0.390 e. The van der Waals surface area contributed by atoms with E-state index in [1.807, 2.05) is 19.2 Å². The number of pyridine rings is 2. The average Bonchev–Trinajstić information content (AvgIpc) is 3.90. The first-order valence-electron chi connectivity index (χ1n) is 14.2. The number of nitrogens with one attached hydrogen (secondary N) is 3.